The molecule has 0 aliphatic heterocycles. The van der Waals surface area contributed by atoms with E-state index in [4.69, 9.17) is 5.11 Å². The van der Waals surface area contributed by atoms with Crippen LogP contribution in [0.4, 0.5) is 13.2 Å². The smallest absolute Gasteiger partial charge is 0.441 e. The number of carbonyl (C=O) groups is 1. The van der Waals surface area contributed by atoms with Gasteiger partial charge in [-0.1, -0.05) is 25.6 Å². The summed E-state index contributed by atoms with van der Waals surface area (Å²) in [6.07, 6.45) is 0.492. The number of carboxylic acids is 1. The van der Waals surface area contributed by atoms with Crippen LogP contribution in [0.25, 0.3) is 0 Å². The molecule has 0 bridgehead atoms. The van der Waals surface area contributed by atoms with Gasteiger partial charge in [0.1, 0.15) is 0 Å². The molecule has 1 N–H and O–H groups in total. The largest absolute Gasteiger partial charge is 0.481 e. The van der Waals surface area contributed by atoms with E-state index < -0.39 is 17.4 Å². The molecule has 0 aliphatic rings. The summed E-state index contributed by atoms with van der Waals surface area (Å²) in [5.41, 5.74) is -4.26. The van der Waals surface area contributed by atoms with Crippen molar-refractivity contribution in [2.45, 2.75) is 32.2 Å². The van der Waals surface area contributed by atoms with Gasteiger partial charge in [0.25, 0.3) is 0 Å². The molecule has 0 aromatic rings. The molecule has 0 heterocycles. The van der Waals surface area contributed by atoms with Crippen molar-refractivity contribution >= 4 is 17.7 Å². The van der Waals surface area contributed by atoms with Gasteiger partial charge in [-0.15, -0.1) is 0 Å². The number of alkyl halides is 3. The Labute approximate surface area is 91.2 Å². The number of thioether (sulfide) groups is 1. The van der Waals surface area contributed by atoms with Gasteiger partial charge >= 0.3 is 11.5 Å². The molecule has 0 saturated heterocycles. The monoisotopic (exact) mass is 244 g/mol. The molecule has 15 heavy (non-hydrogen) atoms. The highest BCUT2D eigenvalue weighted by Crippen LogP contribution is 2.32. The SMILES string of the molecule is CC(C)CC(CCSC(F)(F)F)C(=O)O. The quantitative estimate of drug-likeness (QED) is 0.778. The van der Waals surface area contributed by atoms with Crippen molar-refractivity contribution in [3.8, 4) is 0 Å². The van der Waals surface area contributed by atoms with Crippen LogP contribution >= 0.6 is 11.8 Å². The summed E-state index contributed by atoms with van der Waals surface area (Å²) in [6.45, 7) is 3.71. The number of hydrogen-bond acceptors (Lipinski definition) is 2. The average Bonchev–Trinajstić information content (AvgIpc) is 1.99. The first-order valence-corrected chi connectivity index (χ1v) is 5.64. The molecule has 90 valence electrons. The van der Waals surface area contributed by atoms with Crippen LogP contribution in [0.2, 0.25) is 0 Å². The highest BCUT2D eigenvalue weighted by atomic mass is 32.2. The number of carboxylic acid groups (broad SMARTS) is 1. The molecule has 2 nitrogen and oxygen atoms in total. The van der Waals surface area contributed by atoms with Crippen LogP contribution in [-0.2, 0) is 4.79 Å². The maximum absolute atomic E-state index is 11.8. The molecule has 0 aliphatic carbocycles. The standard InChI is InChI=1S/C9H15F3O2S/c1-6(2)5-7(8(13)14)3-4-15-9(10,11)12/h6-7H,3-5H2,1-2H3,(H,13,14). The Hall–Kier alpha value is -0.390. The zero-order valence-corrected chi connectivity index (χ0v) is 9.49. The lowest BCUT2D eigenvalue weighted by molar-refractivity contribution is -0.142. The first-order chi connectivity index (χ1) is 6.72. The number of aliphatic carboxylic acids is 1. The lowest BCUT2D eigenvalue weighted by Gasteiger charge is -2.14. The Balaban J connectivity index is 3.92. The Bertz CT molecular complexity index is 204. The van der Waals surface area contributed by atoms with Crippen molar-refractivity contribution in [2.75, 3.05) is 5.75 Å². The van der Waals surface area contributed by atoms with E-state index in [-0.39, 0.29) is 29.9 Å². The third kappa shape index (κ3) is 8.59. The summed E-state index contributed by atoms with van der Waals surface area (Å²) >= 11 is -0.157. The van der Waals surface area contributed by atoms with Crippen LogP contribution in [0, 0.1) is 11.8 Å². The maximum atomic E-state index is 11.8. The Morgan fingerprint density at radius 1 is 1.40 bits per heavy atom. The Morgan fingerprint density at radius 3 is 2.27 bits per heavy atom. The van der Waals surface area contributed by atoms with Gasteiger partial charge in [0, 0.05) is 5.75 Å². The molecular weight excluding hydrogens is 229 g/mol. The highest BCUT2D eigenvalue weighted by Gasteiger charge is 2.29. The third-order valence-corrected chi connectivity index (χ3v) is 2.60. The molecule has 0 radical (unpaired) electrons. The second-order valence-corrected chi connectivity index (χ2v) is 4.91. The van der Waals surface area contributed by atoms with Crippen molar-refractivity contribution in [3.63, 3.8) is 0 Å². The molecule has 0 aromatic heterocycles. The molecule has 0 fully saturated rings. The minimum Gasteiger partial charge on any atom is -0.481 e. The van der Waals surface area contributed by atoms with Crippen LogP contribution < -0.4 is 0 Å². The minimum atomic E-state index is -4.26. The lowest BCUT2D eigenvalue weighted by atomic mass is 9.95. The van der Waals surface area contributed by atoms with Crippen molar-refractivity contribution in [3.05, 3.63) is 0 Å². The van der Waals surface area contributed by atoms with E-state index in [1.165, 1.54) is 0 Å². The van der Waals surface area contributed by atoms with Gasteiger partial charge in [0.15, 0.2) is 0 Å². The molecule has 0 aromatic carbocycles. The van der Waals surface area contributed by atoms with Gasteiger partial charge < -0.3 is 5.11 Å². The minimum absolute atomic E-state index is 0.0672. The topological polar surface area (TPSA) is 37.3 Å². The molecule has 1 atom stereocenters. The molecule has 0 spiro atoms. The fraction of sp³-hybridized carbons (Fsp3) is 0.889. The van der Waals surface area contributed by atoms with Crippen LogP contribution in [0.1, 0.15) is 26.7 Å². The molecule has 1 unspecified atom stereocenters. The number of hydrogen-bond donors (Lipinski definition) is 1. The summed E-state index contributed by atoms with van der Waals surface area (Å²) in [4.78, 5) is 10.7. The molecule has 0 saturated carbocycles. The summed E-state index contributed by atoms with van der Waals surface area (Å²) in [6, 6.07) is 0. The van der Waals surface area contributed by atoms with Gasteiger partial charge in [-0.05, 0) is 18.8 Å². The van der Waals surface area contributed by atoms with Gasteiger partial charge in [0.05, 0.1) is 5.92 Å². The van der Waals surface area contributed by atoms with E-state index in [9.17, 15) is 18.0 Å². The van der Waals surface area contributed by atoms with E-state index >= 15 is 0 Å². The van der Waals surface area contributed by atoms with Crippen molar-refractivity contribution in [2.24, 2.45) is 11.8 Å². The molecule has 6 heteroatoms. The molecule has 0 amide bonds. The normalized spacial score (nSPS) is 14.3. The fourth-order valence-corrected chi connectivity index (χ4v) is 1.86. The van der Waals surface area contributed by atoms with Crippen LogP contribution in [0.15, 0.2) is 0 Å². The lowest BCUT2D eigenvalue weighted by Crippen LogP contribution is -2.17. The van der Waals surface area contributed by atoms with Gasteiger partial charge in [0.2, 0.25) is 0 Å². The average molecular weight is 244 g/mol. The Kier molecular flexibility index (Phi) is 6.09. The van der Waals surface area contributed by atoms with Crippen molar-refractivity contribution in [1.29, 1.82) is 0 Å². The zero-order valence-electron chi connectivity index (χ0n) is 8.67. The molecule has 0 rings (SSSR count). The summed E-state index contributed by atoms with van der Waals surface area (Å²) < 4.78 is 35.4. The van der Waals surface area contributed by atoms with Crippen LogP contribution in [0.5, 0.6) is 0 Å². The first kappa shape index (κ1) is 14.6. The summed E-state index contributed by atoms with van der Waals surface area (Å²) in [7, 11) is 0. The van der Waals surface area contributed by atoms with Crippen LogP contribution in [0.3, 0.4) is 0 Å². The second kappa shape index (κ2) is 6.25. The predicted octanol–water partition coefficient (Wildman–Crippen LogP) is 3.38. The van der Waals surface area contributed by atoms with Crippen molar-refractivity contribution < 1.29 is 23.1 Å². The van der Waals surface area contributed by atoms with Crippen molar-refractivity contribution in [1.82, 2.24) is 0 Å². The van der Waals surface area contributed by atoms with E-state index in [1.54, 1.807) is 0 Å². The molecular formula is C9H15F3O2S. The van der Waals surface area contributed by atoms with Crippen LogP contribution in [-0.4, -0.2) is 22.3 Å². The van der Waals surface area contributed by atoms with E-state index in [1.807, 2.05) is 13.8 Å². The fourth-order valence-electron chi connectivity index (χ4n) is 1.23. The maximum Gasteiger partial charge on any atom is 0.441 e. The van der Waals surface area contributed by atoms with Gasteiger partial charge in [-0.2, -0.15) is 13.2 Å². The highest BCUT2D eigenvalue weighted by molar-refractivity contribution is 8.00. The van der Waals surface area contributed by atoms with E-state index in [0.29, 0.717) is 6.42 Å². The van der Waals surface area contributed by atoms with Gasteiger partial charge in [-0.3, -0.25) is 4.79 Å². The van der Waals surface area contributed by atoms with Gasteiger partial charge in [-0.25, -0.2) is 0 Å². The zero-order chi connectivity index (χ0) is 12.1. The predicted molar refractivity (Wildman–Crippen MR) is 53.7 cm³/mol. The number of rotatable bonds is 6. The van der Waals surface area contributed by atoms with E-state index in [0.717, 1.165) is 0 Å². The number of halogens is 3. The summed E-state index contributed by atoms with van der Waals surface area (Å²) in [5.74, 6) is -1.68. The van der Waals surface area contributed by atoms with E-state index in [2.05, 4.69) is 0 Å². The third-order valence-electron chi connectivity index (χ3n) is 1.84. The second-order valence-electron chi connectivity index (χ2n) is 3.75. The Morgan fingerprint density at radius 2 is 1.93 bits per heavy atom. The first-order valence-electron chi connectivity index (χ1n) is 4.66. The summed E-state index contributed by atoms with van der Waals surface area (Å²) in [5, 5.41) is 8.76.